The largest absolute Gasteiger partial charge is 0.455 e. The molecule has 3 aliphatic carbocycles. The van der Waals surface area contributed by atoms with Gasteiger partial charge < -0.3 is 29.2 Å². The van der Waals surface area contributed by atoms with Gasteiger partial charge in [-0.3, -0.25) is 14.4 Å². The van der Waals surface area contributed by atoms with Crippen molar-refractivity contribution in [3.8, 4) is 0 Å². The van der Waals surface area contributed by atoms with Gasteiger partial charge in [-0.05, 0) is 43.4 Å². The van der Waals surface area contributed by atoms with E-state index >= 15 is 0 Å². The van der Waals surface area contributed by atoms with Gasteiger partial charge in [0, 0.05) is 25.7 Å². The van der Waals surface area contributed by atoms with E-state index in [0.29, 0.717) is 12.0 Å². The predicted octanol–water partition coefficient (Wildman–Crippen LogP) is 2.89. The number of esters is 3. The Morgan fingerprint density at radius 3 is 2.27 bits per heavy atom. The predicted molar refractivity (Wildman–Crippen MR) is 143 cm³/mol. The highest BCUT2D eigenvalue weighted by Gasteiger charge is 2.77. The first-order valence-electron chi connectivity index (χ1n) is 14.1. The lowest BCUT2D eigenvalue weighted by Crippen LogP contribution is -2.80. The fourth-order valence-corrected chi connectivity index (χ4v) is 7.93. The van der Waals surface area contributed by atoms with E-state index in [9.17, 15) is 29.4 Å². The Morgan fingerprint density at radius 2 is 1.71 bits per heavy atom. The second-order valence-electron chi connectivity index (χ2n) is 12.7. The summed E-state index contributed by atoms with van der Waals surface area (Å²) in [5.41, 5.74) is -5.77. The molecule has 1 saturated heterocycles. The van der Waals surface area contributed by atoms with Crippen LogP contribution in [0.25, 0.3) is 0 Å². The van der Waals surface area contributed by atoms with Crippen LogP contribution < -0.4 is 0 Å². The van der Waals surface area contributed by atoms with E-state index in [4.69, 9.17) is 18.9 Å². The van der Waals surface area contributed by atoms with E-state index < -0.39 is 70.0 Å². The maximum Gasteiger partial charge on any atom is 0.338 e. The molecule has 0 amide bonds. The average Bonchev–Trinajstić information content (AvgIpc) is 2.89. The first-order valence-corrected chi connectivity index (χ1v) is 14.1. The van der Waals surface area contributed by atoms with E-state index in [-0.39, 0.29) is 36.7 Å². The van der Waals surface area contributed by atoms with Crippen molar-refractivity contribution in [2.24, 2.45) is 22.7 Å². The molecule has 4 aliphatic rings. The highest BCUT2D eigenvalue weighted by atomic mass is 16.6. The van der Waals surface area contributed by atoms with E-state index in [0.717, 1.165) is 0 Å². The number of allylic oxidation sites excluding steroid dienone is 1. The van der Waals surface area contributed by atoms with Crippen molar-refractivity contribution in [2.45, 2.75) is 90.3 Å². The van der Waals surface area contributed by atoms with Crippen LogP contribution in [-0.2, 0) is 33.3 Å². The normalized spacial score (nSPS) is 39.2. The molecule has 222 valence electrons. The third-order valence-corrected chi connectivity index (χ3v) is 10.1. The summed E-state index contributed by atoms with van der Waals surface area (Å²) in [7, 11) is 0. The average molecular weight is 571 g/mol. The number of benzene rings is 1. The number of aliphatic hydroxyl groups excluding tert-OH is 1. The highest BCUT2D eigenvalue weighted by Crippen LogP contribution is 2.64. The molecule has 41 heavy (non-hydrogen) atoms. The third-order valence-electron chi connectivity index (χ3n) is 10.1. The van der Waals surface area contributed by atoms with Crippen molar-refractivity contribution in [3.05, 3.63) is 47.2 Å². The topological polar surface area (TPSA) is 146 Å². The Kier molecular flexibility index (Phi) is 6.99. The molecule has 0 aromatic heterocycles. The molecule has 5 rings (SSSR count). The van der Waals surface area contributed by atoms with Gasteiger partial charge in [0.15, 0.2) is 11.4 Å². The van der Waals surface area contributed by atoms with Crippen molar-refractivity contribution in [3.63, 3.8) is 0 Å². The lowest BCUT2D eigenvalue weighted by Gasteiger charge is -2.66. The van der Waals surface area contributed by atoms with Crippen LogP contribution in [0.2, 0.25) is 0 Å². The van der Waals surface area contributed by atoms with Gasteiger partial charge in [-0.25, -0.2) is 4.79 Å². The fraction of sp³-hybridized carbons (Fsp3) is 0.613. The van der Waals surface area contributed by atoms with E-state index in [1.54, 1.807) is 44.2 Å². The summed E-state index contributed by atoms with van der Waals surface area (Å²) in [6.07, 6.45) is -3.15. The molecular weight excluding hydrogens is 532 g/mol. The van der Waals surface area contributed by atoms with E-state index in [1.165, 1.54) is 20.8 Å². The van der Waals surface area contributed by atoms with Crippen LogP contribution in [0.3, 0.4) is 0 Å². The lowest BCUT2D eigenvalue weighted by molar-refractivity contribution is -0.344. The zero-order valence-corrected chi connectivity index (χ0v) is 24.3. The molecule has 2 N–H and O–H groups in total. The first kappa shape index (κ1) is 29.4. The number of hydrogen-bond acceptors (Lipinski definition) is 10. The number of aliphatic hydroxyl groups is 2. The molecular formula is C31H38O10. The maximum absolute atomic E-state index is 14.7. The summed E-state index contributed by atoms with van der Waals surface area (Å²) in [6, 6.07) is 8.25. The third kappa shape index (κ3) is 4.09. The standard InChI is InChI=1S/C31H38O10/c1-16-12-13-31(37)26(40-27(36)19-10-8-7-9-11-19)24-29(6,20(34)14-21-30(24,15-38-21)41-18(3)33)25(35)23(39-17(2)32)22(16)28(31,4)5/h7-11,16,20-21,24,26,34,37H,12-15H2,1-6H3. The molecule has 0 radical (unpaired) electrons. The Balaban J connectivity index is 1.84. The van der Waals surface area contributed by atoms with Crippen molar-refractivity contribution < 1.29 is 48.3 Å². The molecule has 10 nitrogen and oxygen atoms in total. The highest BCUT2D eigenvalue weighted by molar-refractivity contribution is 6.02. The SMILES string of the molecule is CC(=O)OC1=C2C(C)CCC(O)(C(OC(=O)c3ccccc3)C3C4(OC(C)=O)COC4CC(O)C3(C)C1=O)C2(C)C. The van der Waals surface area contributed by atoms with Crippen molar-refractivity contribution in [2.75, 3.05) is 6.61 Å². The number of fused-ring (bicyclic) bond motifs is 5. The molecule has 8 atom stereocenters. The monoisotopic (exact) mass is 570 g/mol. The second kappa shape index (κ2) is 9.74. The van der Waals surface area contributed by atoms with Gasteiger partial charge in [-0.2, -0.15) is 0 Å². The summed E-state index contributed by atoms with van der Waals surface area (Å²) in [5, 5.41) is 24.5. The maximum atomic E-state index is 14.7. The second-order valence-corrected chi connectivity index (χ2v) is 12.7. The minimum atomic E-state index is -1.83. The van der Waals surface area contributed by atoms with Gasteiger partial charge in [0.25, 0.3) is 0 Å². The first-order chi connectivity index (χ1) is 19.1. The minimum absolute atomic E-state index is 0.0641. The van der Waals surface area contributed by atoms with Gasteiger partial charge in [-0.15, -0.1) is 0 Å². The number of ether oxygens (including phenoxy) is 4. The molecule has 2 saturated carbocycles. The van der Waals surface area contributed by atoms with Gasteiger partial charge in [0.1, 0.15) is 17.8 Å². The van der Waals surface area contributed by atoms with Crippen molar-refractivity contribution in [1.82, 2.24) is 0 Å². The van der Waals surface area contributed by atoms with Crippen LogP contribution in [0, 0.1) is 22.7 Å². The van der Waals surface area contributed by atoms with Crippen molar-refractivity contribution >= 4 is 23.7 Å². The molecule has 8 unspecified atom stereocenters. The molecule has 1 aliphatic heterocycles. The molecule has 2 bridgehead atoms. The Morgan fingerprint density at radius 1 is 1.05 bits per heavy atom. The van der Waals surface area contributed by atoms with Gasteiger partial charge in [0.05, 0.1) is 29.6 Å². The summed E-state index contributed by atoms with van der Waals surface area (Å²) in [4.78, 5) is 53.3. The minimum Gasteiger partial charge on any atom is -0.455 e. The van der Waals surface area contributed by atoms with Crippen molar-refractivity contribution in [1.29, 1.82) is 0 Å². The number of hydrogen-bond donors (Lipinski definition) is 2. The summed E-state index contributed by atoms with van der Waals surface area (Å²) in [5.74, 6) is -4.57. The summed E-state index contributed by atoms with van der Waals surface area (Å²) in [6.45, 7) is 9.12. The van der Waals surface area contributed by atoms with E-state index in [2.05, 4.69) is 0 Å². The van der Waals surface area contributed by atoms with Gasteiger partial charge in [0.2, 0.25) is 5.78 Å². The number of rotatable bonds is 4. The van der Waals surface area contributed by atoms with Crippen LogP contribution in [0.5, 0.6) is 0 Å². The number of carbonyl (C=O) groups excluding carboxylic acids is 4. The number of ketones is 1. The zero-order valence-electron chi connectivity index (χ0n) is 24.3. The van der Waals surface area contributed by atoms with Gasteiger partial charge in [-0.1, -0.05) is 39.0 Å². The van der Waals surface area contributed by atoms with E-state index in [1.807, 2.05) is 6.92 Å². The smallest absolute Gasteiger partial charge is 0.338 e. The van der Waals surface area contributed by atoms with Crippen LogP contribution in [-0.4, -0.2) is 70.0 Å². The summed E-state index contributed by atoms with van der Waals surface area (Å²) < 4.78 is 23.6. The Bertz CT molecular complexity index is 1320. The molecule has 1 heterocycles. The van der Waals surface area contributed by atoms with Crippen LogP contribution in [0.4, 0.5) is 0 Å². The van der Waals surface area contributed by atoms with Crippen LogP contribution >= 0.6 is 0 Å². The molecule has 1 aromatic carbocycles. The molecule has 1 aromatic rings. The van der Waals surface area contributed by atoms with Gasteiger partial charge >= 0.3 is 17.9 Å². The van der Waals surface area contributed by atoms with Crippen LogP contribution in [0.1, 0.15) is 71.2 Å². The Hall–Kier alpha value is -3.08. The number of carbonyl (C=O) groups is 4. The molecule has 0 spiro atoms. The number of Topliss-reactive ketones (excluding diaryl/α,β-unsaturated/α-hetero) is 1. The lowest BCUT2D eigenvalue weighted by atomic mass is 9.45. The summed E-state index contributed by atoms with van der Waals surface area (Å²) >= 11 is 0. The van der Waals surface area contributed by atoms with Crippen LogP contribution in [0.15, 0.2) is 41.7 Å². The quantitative estimate of drug-likeness (QED) is 0.409. The fourth-order valence-electron chi connectivity index (χ4n) is 7.93. The zero-order chi connectivity index (χ0) is 30.1. The Labute approximate surface area is 239 Å². The molecule has 10 heteroatoms. The molecule has 3 fully saturated rings.